The zero-order valence-corrected chi connectivity index (χ0v) is 16.7. The largest absolute Gasteiger partial charge is 0.491 e. The first-order valence-electron chi connectivity index (χ1n) is 9.16. The molecule has 0 saturated heterocycles. The molecule has 0 amide bonds. The Kier molecular flexibility index (Phi) is 4.14. The van der Waals surface area contributed by atoms with Gasteiger partial charge in [-0.1, -0.05) is 12.1 Å². The minimum absolute atomic E-state index is 0.271. The predicted molar refractivity (Wildman–Crippen MR) is 118 cm³/mol. The number of ether oxygens (including phenoxy) is 1. The van der Waals surface area contributed by atoms with Gasteiger partial charge in [-0.15, -0.1) is 11.3 Å². The summed E-state index contributed by atoms with van der Waals surface area (Å²) < 4.78 is 5.20. The Hall–Kier alpha value is -3.51. The summed E-state index contributed by atoms with van der Waals surface area (Å²) in [6, 6.07) is 18.1. The normalized spacial score (nSPS) is 11.2. The minimum Gasteiger partial charge on any atom is -0.491 e. The highest BCUT2D eigenvalue weighted by Crippen LogP contribution is 2.37. The van der Waals surface area contributed by atoms with Crippen LogP contribution in [0.5, 0.6) is 5.75 Å². The Morgan fingerprint density at radius 3 is 2.72 bits per heavy atom. The second-order valence-electron chi connectivity index (χ2n) is 6.81. The number of nitrogens with zero attached hydrogens (tertiary/aromatic N) is 2. The molecule has 1 N–H and O–H groups in total. The summed E-state index contributed by atoms with van der Waals surface area (Å²) in [7, 11) is 1.49. The molecule has 0 aliphatic heterocycles. The zero-order valence-electron chi connectivity index (χ0n) is 15.9. The lowest BCUT2D eigenvalue weighted by atomic mass is 9.99. The summed E-state index contributed by atoms with van der Waals surface area (Å²) in [5.41, 5.74) is 4.10. The van der Waals surface area contributed by atoms with Gasteiger partial charge in [0.1, 0.15) is 5.65 Å². The highest BCUT2D eigenvalue weighted by Gasteiger charge is 2.15. The number of aryl methyl sites for hydroxylation is 1. The van der Waals surface area contributed by atoms with Crippen molar-refractivity contribution in [1.29, 1.82) is 0 Å². The number of benzene rings is 1. The van der Waals surface area contributed by atoms with E-state index >= 15 is 0 Å². The number of pyridine rings is 3. The highest BCUT2D eigenvalue weighted by atomic mass is 32.1. The van der Waals surface area contributed by atoms with Crippen molar-refractivity contribution in [2.45, 2.75) is 6.92 Å². The van der Waals surface area contributed by atoms with Crippen LogP contribution in [0.1, 0.15) is 4.88 Å². The lowest BCUT2D eigenvalue weighted by Crippen LogP contribution is -2.09. The van der Waals surface area contributed by atoms with Crippen LogP contribution in [0.25, 0.3) is 43.6 Å². The highest BCUT2D eigenvalue weighted by molar-refractivity contribution is 7.15. The Labute approximate surface area is 170 Å². The molecule has 0 aliphatic rings. The molecule has 0 aliphatic carbocycles. The van der Waals surface area contributed by atoms with Crippen molar-refractivity contribution in [3.63, 3.8) is 0 Å². The second kappa shape index (κ2) is 6.83. The third-order valence-electron chi connectivity index (χ3n) is 4.90. The first kappa shape index (κ1) is 17.6. The Balaban J connectivity index is 1.82. The fraction of sp³-hybridized carbons (Fsp3) is 0.0870. The summed E-state index contributed by atoms with van der Waals surface area (Å²) in [6.45, 7) is 2.07. The summed E-state index contributed by atoms with van der Waals surface area (Å²) >= 11 is 1.68. The van der Waals surface area contributed by atoms with Gasteiger partial charge in [0.05, 0.1) is 23.2 Å². The van der Waals surface area contributed by atoms with E-state index < -0.39 is 0 Å². The van der Waals surface area contributed by atoms with E-state index in [2.05, 4.69) is 53.3 Å². The summed E-state index contributed by atoms with van der Waals surface area (Å²) in [5.74, 6) is 0.271. The molecule has 6 heteroatoms. The lowest BCUT2D eigenvalue weighted by Gasteiger charge is -2.11. The quantitative estimate of drug-likeness (QED) is 0.454. The van der Waals surface area contributed by atoms with Crippen molar-refractivity contribution < 1.29 is 4.74 Å². The van der Waals surface area contributed by atoms with Gasteiger partial charge in [-0.25, -0.2) is 4.98 Å². The number of hydrogen-bond donors (Lipinski definition) is 1. The topological polar surface area (TPSA) is 67.9 Å². The summed E-state index contributed by atoms with van der Waals surface area (Å²) in [4.78, 5) is 26.5. The Bertz CT molecular complexity index is 1440. The number of aromatic nitrogens is 3. The van der Waals surface area contributed by atoms with Crippen LogP contribution in [0.4, 0.5) is 0 Å². The van der Waals surface area contributed by atoms with Gasteiger partial charge in [0.15, 0.2) is 5.75 Å². The van der Waals surface area contributed by atoms with Crippen molar-refractivity contribution in [2.75, 3.05) is 7.11 Å². The first-order chi connectivity index (χ1) is 14.1. The number of thiophene rings is 1. The first-order valence-corrected chi connectivity index (χ1v) is 9.98. The molecule has 0 fully saturated rings. The molecule has 4 aromatic heterocycles. The van der Waals surface area contributed by atoms with Crippen LogP contribution in [-0.4, -0.2) is 22.1 Å². The van der Waals surface area contributed by atoms with Crippen LogP contribution in [0.3, 0.4) is 0 Å². The third kappa shape index (κ3) is 3.07. The Morgan fingerprint density at radius 2 is 1.93 bits per heavy atom. The van der Waals surface area contributed by atoms with Crippen LogP contribution < -0.4 is 10.3 Å². The van der Waals surface area contributed by atoms with E-state index in [1.54, 1.807) is 23.6 Å². The molecule has 0 saturated carbocycles. The monoisotopic (exact) mass is 399 g/mol. The molecule has 0 spiro atoms. The average Bonchev–Trinajstić information content (AvgIpc) is 3.18. The molecule has 0 atom stereocenters. The van der Waals surface area contributed by atoms with Crippen molar-refractivity contribution in [3.8, 4) is 27.4 Å². The number of H-pyrrole nitrogens is 1. The van der Waals surface area contributed by atoms with Gasteiger partial charge in [0.2, 0.25) is 0 Å². The number of nitrogens with one attached hydrogen (secondary N) is 1. The molecule has 4 heterocycles. The van der Waals surface area contributed by atoms with E-state index in [0.29, 0.717) is 5.65 Å². The van der Waals surface area contributed by atoms with Crippen LogP contribution >= 0.6 is 11.3 Å². The summed E-state index contributed by atoms with van der Waals surface area (Å²) in [5, 5.41) is 1.89. The van der Waals surface area contributed by atoms with Gasteiger partial charge >= 0.3 is 0 Å². The maximum absolute atomic E-state index is 12.2. The average molecular weight is 399 g/mol. The van der Waals surface area contributed by atoms with Gasteiger partial charge in [-0.05, 0) is 55.0 Å². The maximum Gasteiger partial charge on any atom is 0.291 e. The number of rotatable bonds is 3. The fourth-order valence-electron chi connectivity index (χ4n) is 3.48. The number of methoxy groups -OCH3 is 1. The van der Waals surface area contributed by atoms with E-state index in [1.165, 1.54) is 12.0 Å². The second-order valence-corrected chi connectivity index (χ2v) is 8.10. The van der Waals surface area contributed by atoms with E-state index in [4.69, 9.17) is 9.72 Å². The molecule has 5 aromatic rings. The van der Waals surface area contributed by atoms with Crippen LogP contribution in [0, 0.1) is 6.92 Å². The van der Waals surface area contributed by atoms with Gasteiger partial charge < -0.3 is 9.72 Å². The SMILES string of the molecule is COc1cc2cc(-c3ccc4ncccc4c3)c(-c3ccc(C)s3)nc2[nH]c1=O. The van der Waals surface area contributed by atoms with Crippen molar-refractivity contribution in [3.05, 3.63) is 76.0 Å². The molecule has 0 unspecified atom stereocenters. The van der Waals surface area contributed by atoms with Gasteiger partial charge in [0, 0.05) is 27.4 Å². The van der Waals surface area contributed by atoms with E-state index in [-0.39, 0.29) is 11.3 Å². The van der Waals surface area contributed by atoms with Crippen LogP contribution in [0.2, 0.25) is 0 Å². The summed E-state index contributed by atoms with van der Waals surface area (Å²) in [6.07, 6.45) is 1.79. The van der Waals surface area contributed by atoms with Crippen LogP contribution in [-0.2, 0) is 0 Å². The van der Waals surface area contributed by atoms with Gasteiger partial charge in [-0.2, -0.15) is 0 Å². The molecule has 5 nitrogen and oxygen atoms in total. The molecule has 0 bridgehead atoms. The van der Waals surface area contributed by atoms with Crippen molar-refractivity contribution in [1.82, 2.24) is 15.0 Å². The smallest absolute Gasteiger partial charge is 0.291 e. The standard InChI is InChI=1S/C23H17N3O2S/c1-13-5-8-20(29-13)21-17(14-6-7-18-15(10-14)4-3-9-24-18)11-16-12-19(28-2)23(27)26-22(16)25-21/h3-12H,1-2H3,(H,25,26,27). The lowest BCUT2D eigenvalue weighted by molar-refractivity contribution is 0.409. The molecule has 142 valence electrons. The minimum atomic E-state index is -0.287. The fourth-order valence-corrected chi connectivity index (χ4v) is 4.35. The van der Waals surface area contributed by atoms with Gasteiger partial charge in [-0.3, -0.25) is 9.78 Å². The van der Waals surface area contributed by atoms with Gasteiger partial charge in [0.25, 0.3) is 5.56 Å². The van der Waals surface area contributed by atoms with Crippen molar-refractivity contribution in [2.24, 2.45) is 0 Å². The molecule has 1 aromatic carbocycles. The molecule has 0 radical (unpaired) electrons. The van der Waals surface area contributed by atoms with E-state index in [0.717, 1.165) is 38.0 Å². The number of hydrogen-bond acceptors (Lipinski definition) is 5. The van der Waals surface area contributed by atoms with E-state index in [9.17, 15) is 4.79 Å². The number of aromatic amines is 1. The van der Waals surface area contributed by atoms with Crippen molar-refractivity contribution >= 4 is 33.3 Å². The Morgan fingerprint density at radius 1 is 1.03 bits per heavy atom. The molecular formula is C23H17N3O2S. The molecular weight excluding hydrogens is 382 g/mol. The maximum atomic E-state index is 12.2. The molecule has 29 heavy (non-hydrogen) atoms. The number of fused-ring (bicyclic) bond motifs is 2. The zero-order chi connectivity index (χ0) is 20.0. The third-order valence-corrected chi connectivity index (χ3v) is 5.91. The predicted octanol–water partition coefficient (Wildman–Crippen LogP) is 5.18. The van der Waals surface area contributed by atoms with E-state index in [1.807, 2.05) is 12.1 Å². The molecule has 5 rings (SSSR count). The van der Waals surface area contributed by atoms with Crippen LogP contribution in [0.15, 0.2) is 65.6 Å².